The molecule has 0 radical (unpaired) electrons. The fourth-order valence-electron chi connectivity index (χ4n) is 2.88. The Balaban J connectivity index is 1.71. The zero-order valence-electron chi connectivity index (χ0n) is 15.2. The highest BCUT2D eigenvalue weighted by molar-refractivity contribution is 5.80. The Bertz CT molecular complexity index is 856. The number of ether oxygens (including phenoxy) is 1. The molecule has 1 atom stereocenters. The molecule has 7 heteroatoms. The van der Waals surface area contributed by atoms with Gasteiger partial charge in [-0.1, -0.05) is 13.0 Å². The van der Waals surface area contributed by atoms with E-state index in [9.17, 15) is 4.79 Å². The first kappa shape index (κ1) is 17.7. The molecule has 0 saturated heterocycles. The molecular weight excluding hydrogens is 330 g/mol. The predicted molar refractivity (Wildman–Crippen MR) is 98.1 cm³/mol. The summed E-state index contributed by atoms with van der Waals surface area (Å²) in [5, 5.41) is 8.59. The van der Waals surface area contributed by atoms with Crippen LogP contribution in [0.4, 0.5) is 0 Å². The fourth-order valence-corrected chi connectivity index (χ4v) is 2.88. The van der Waals surface area contributed by atoms with Crippen LogP contribution in [0.15, 0.2) is 55.1 Å². The third-order valence-corrected chi connectivity index (χ3v) is 4.27. The Kier molecular flexibility index (Phi) is 5.36. The SMILES string of the molecule is CC[C@H](C(=O)N(C)Cc1cnn(-c2cccc(OC)c2)c1)n1cccn1. The molecule has 26 heavy (non-hydrogen) atoms. The van der Waals surface area contributed by atoms with E-state index < -0.39 is 0 Å². The summed E-state index contributed by atoms with van der Waals surface area (Å²) in [4.78, 5) is 14.5. The molecule has 0 unspecified atom stereocenters. The lowest BCUT2D eigenvalue weighted by molar-refractivity contribution is -0.134. The number of likely N-dealkylation sites (N-methyl/N-ethyl adjacent to an activating group) is 1. The summed E-state index contributed by atoms with van der Waals surface area (Å²) in [5.74, 6) is 0.808. The van der Waals surface area contributed by atoms with Gasteiger partial charge in [0.05, 0.1) is 19.0 Å². The lowest BCUT2D eigenvalue weighted by Crippen LogP contribution is -2.34. The quantitative estimate of drug-likeness (QED) is 0.655. The highest BCUT2D eigenvalue weighted by atomic mass is 16.5. The van der Waals surface area contributed by atoms with E-state index >= 15 is 0 Å². The standard InChI is InChI=1S/C19H23N5O2/c1-4-18(23-10-6-9-20-23)19(25)22(2)13-15-12-21-24(14-15)16-7-5-8-17(11-16)26-3/h5-12,14,18H,4,13H2,1-3H3/t18-/m1/s1. The number of carbonyl (C=O) groups excluding carboxylic acids is 1. The number of nitrogens with zero attached hydrogens (tertiary/aromatic N) is 5. The number of aromatic nitrogens is 4. The van der Waals surface area contributed by atoms with Crippen LogP contribution < -0.4 is 4.74 Å². The molecular formula is C19H23N5O2. The minimum Gasteiger partial charge on any atom is -0.497 e. The number of hydrogen-bond donors (Lipinski definition) is 0. The van der Waals surface area contributed by atoms with Gasteiger partial charge in [0.2, 0.25) is 5.91 Å². The largest absolute Gasteiger partial charge is 0.497 e. The van der Waals surface area contributed by atoms with Crippen LogP contribution >= 0.6 is 0 Å². The fraction of sp³-hybridized carbons (Fsp3) is 0.316. The number of hydrogen-bond acceptors (Lipinski definition) is 4. The van der Waals surface area contributed by atoms with Crippen molar-refractivity contribution in [3.8, 4) is 11.4 Å². The Hall–Kier alpha value is -3.09. The van der Waals surface area contributed by atoms with E-state index in [0.717, 1.165) is 17.0 Å². The Morgan fingerprint density at radius 2 is 2.15 bits per heavy atom. The maximum atomic E-state index is 12.8. The summed E-state index contributed by atoms with van der Waals surface area (Å²) in [6.45, 7) is 2.47. The molecule has 0 N–H and O–H groups in total. The average molecular weight is 353 g/mol. The lowest BCUT2D eigenvalue weighted by Gasteiger charge is -2.22. The summed E-state index contributed by atoms with van der Waals surface area (Å²) >= 11 is 0. The van der Waals surface area contributed by atoms with Crippen LogP contribution in [-0.4, -0.2) is 44.5 Å². The highest BCUT2D eigenvalue weighted by Gasteiger charge is 2.22. The molecule has 2 aromatic heterocycles. The van der Waals surface area contributed by atoms with E-state index in [2.05, 4.69) is 10.2 Å². The van der Waals surface area contributed by atoms with Crippen LogP contribution in [0.2, 0.25) is 0 Å². The number of carbonyl (C=O) groups is 1. The van der Waals surface area contributed by atoms with E-state index in [-0.39, 0.29) is 11.9 Å². The van der Waals surface area contributed by atoms with Crippen molar-refractivity contribution in [2.24, 2.45) is 0 Å². The maximum Gasteiger partial charge on any atom is 0.247 e. The van der Waals surface area contributed by atoms with Gasteiger partial charge in [0.25, 0.3) is 0 Å². The molecule has 0 aliphatic rings. The Labute approximate surface area is 152 Å². The number of amides is 1. The Morgan fingerprint density at radius 3 is 2.85 bits per heavy atom. The van der Waals surface area contributed by atoms with E-state index in [1.807, 2.05) is 49.6 Å². The molecule has 0 aliphatic heterocycles. The second kappa shape index (κ2) is 7.86. The zero-order valence-corrected chi connectivity index (χ0v) is 15.2. The molecule has 0 saturated carbocycles. The van der Waals surface area contributed by atoms with Crippen molar-refractivity contribution in [1.29, 1.82) is 0 Å². The van der Waals surface area contributed by atoms with Crippen LogP contribution in [-0.2, 0) is 11.3 Å². The molecule has 2 heterocycles. The number of benzene rings is 1. The van der Waals surface area contributed by atoms with Gasteiger partial charge >= 0.3 is 0 Å². The highest BCUT2D eigenvalue weighted by Crippen LogP contribution is 2.18. The van der Waals surface area contributed by atoms with Gasteiger partial charge in [-0.05, 0) is 24.6 Å². The van der Waals surface area contributed by atoms with Crippen molar-refractivity contribution in [2.75, 3.05) is 14.2 Å². The summed E-state index contributed by atoms with van der Waals surface area (Å²) in [6.07, 6.45) is 7.90. The molecule has 0 fully saturated rings. The van der Waals surface area contributed by atoms with Gasteiger partial charge in [-0.25, -0.2) is 4.68 Å². The normalized spacial score (nSPS) is 12.0. The van der Waals surface area contributed by atoms with Gasteiger partial charge in [-0.3, -0.25) is 9.48 Å². The smallest absolute Gasteiger partial charge is 0.247 e. The molecule has 1 aromatic carbocycles. The zero-order chi connectivity index (χ0) is 18.5. The number of methoxy groups -OCH3 is 1. The van der Waals surface area contributed by atoms with Crippen molar-refractivity contribution in [2.45, 2.75) is 25.9 Å². The third-order valence-electron chi connectivity index (χ3n) is 4.27. The lowest BCUT2D eigenvalue weighted by atomic mass is 10.2. The van der Waals surface area contributed by atoms with Gasteiger partial charge in [-0.2, -0.15) is 10.2 Å². The predicted octanol–water partition coefficient (Wildman–Crippen LogP) is 2.69. The van der Waals surface area contributed by atoms with Crippen LogP contribution in [0, 0.1) is 0 Å². The average Bonchev–Trinajstić information content (AvgIpc) is 3.34. The summed E-state index contributed by atoms with van der Waals surface area (Å²) in [5.41, 5.74) is 1.87. The molecule has 3 aromatic rings. The molecule has 3 rings (SSSR count). The third kappa shape index (κ3) is 3.77. The molecule has 0 bridgehead atoms. The first-order valence-electron chi connectivity index (χ1n) is 8.54. The van der Waals surface area contributed by atoms with Crippen LogP contribution in [0.3, 0.4) is 0 Å². The second-order valence-electron chi connectivity index (χ2n) is 6.10. The van der Waals surface area contributed by atoms with Gasteiger partial charge < -0.3 is 9.64 Å². The summed E-state index contributed by atoms with van der Waals surface area (Å²) in [6, 6.07) is 9.22. The maximum absolute atomic E-state index is 12.8. The van der Waals surface area contributed by atoms with Gasteiger partial charge in [0, 0.05) is 43.8 Å². The van der Waals surface area contributed by atoms with Crippen molar-refractivity contribution < 1.29 is 9.53 Å². The minimum atomic E-state index is -0.288. The first-order chi connectivity index (χ1) is 12.6. The molecule has 0 spiro atoms. The van der Waals surface area contributed by atoms with Gasteiger partial charge in [0.15, 0.2) is 0 Å². The van der Waals surface area contributed by atoms with E-state index in [0.29, 0.717) is 13.0 Å². The minimum absolute atomic E-state index is 0.0327. The molecule has 1 amide bonds. The van der Waals surface area contributed by atoms with E-state index in [1.54, 1.807) is 40.8 Å². The van der Waals surface area contributed by atoms with Gasteiger partial charge in [0.1, 0.15) is 11.8 Å². The van der Waals surface area contributed by atoms with E-state index in [1.165, 1.54) is 0 Å². The van der Waals surface area contributed by atoms with Crippen LogP contribution in [0.1, 0.15) is 24.9 Å². The summed E-state index contributed by atoms with van der Waals surface area (Å²) < 4.78 is 8.74. The number of rotatable bonds is 7. The first-order valence-corrected chi connectivity index (χ1v) is 8.54. The van der Waals surface area contributed by atoms with Crippen molar-refractivity contribution in [3.05, 3.63) is 60.7 Å². The van der Waals surface area contributed by atoms with Crippen LogP contribution in [0.5, 0.6) is 5.75 Å². The Morgan fingerprint density at radius 1 is 1.31 bits per heavy atom. The molecule has 136 valence electrons. The van der Waals surface area contributed by atoms with Gasteiger partial charge in [-0.15, -0.1) is 0 Å². The van der Waals surface area contributed by atoms with Crippen molar-refractivity contribution >= 4 is 5.91 Å². The summed E-state index contributed by atoms with van der Waals surface area (Å²) in [7, 11) is 3.44. The van der Waals surface area contributed by atoms with Crippen molar-refractivity contribution in [1.82, 2.24) is 24.5 Å². The molecule has 0 aliphatic carbocycles. The monoisotopic (exact) mass is 353 g/mol. The van der Waals surface area contributed by atoms with Crippen molar-refractivity contribution in [3.63, 3.8) is 0 Å². The second-order valence-corrected chi connectivity index (χ2v) is 6.10. The van der Waals surface area contributed by atoms with Crippen LogP contribution in [0.25, 0.3) is 5.69 Å². The molecule has 7 nitrogen and oxygen atoms in total. The van der Waals surface area contributed by atoms with E-state index in [4.69, 9.17) is 4.74 Å². The topological polar surface area (TPSA) is 65.2 Å².